The number of rotatable bonds is 6. The Hall–Kier alpha value is -3.23. The molecule has 1 N–H and O–H groups in total. The van der Waals surface area contributed by atoms with Gasteiger partial charge in [0.2, 0.25) is 11.8 Å². The number of carbonyl (C=O) groups excluding carboxylic acids is 3. The van der Waals surface area contributed by atoms with Crippen molar-refractivity contribution in [3.8, 4) is 5.75 Å². The van der Waals surface area contributed by atoms with Gasteiger partial charge in [0.15, 0.2) is 0 Å². The third-order valence-corrected chi connectivity index (χ3v) is 5.94. The van der Waals surface area contributed by atoms with Crippen molar-refractivity contribution in [1.82, 2.24) is 15.1 Å². The number of hydrogen-bond donors (Lipinski definition) is 1. The number of fused-ring (bicyclic) bond motifs is 1. The van der Waals surface area contributed by atoms with Gasteiger partial charge in [-0.2, -0.15) is 0 Å². The second-order valence-electron chi connectivity index (χ2n) is 8.12. The van der Waals surface area contributed by atoms with E-state index < -0.39 is 18.4 Å². The lowest BCUT2D eigenvalue weighted by Gasteiger charge is -2.29. The predicted octanol–water partition coefficient (Wildman–Crippen LogP) is 1.86. The Bertz CT molecular complexity index is 1310. The zero-order valence-corrected chi connectivity index (χ0v) is 18.0. The van der Waals surface area contributed by atoms with Crippen molar-refractivity contribution >= 4 is 17.7 Å². The minimum atomic E-state index is -2.10. The maximum atomic E-state index is 13.0. The van der Waals surface area contributed by atoms with Crippen LogP contribution in [0.4, 0.5) is 0 Å². The summed E-state index contributed by atoms with van der Waals surface area (Å²) in [7, 11) is 0. The average molecular weight is 455 g/mol. The maximum Gasteiger partial charge on any atom is 0.255 e. The molecule has 3 aliphatic heterocycles. The summed E-state index contributed by atoms with van der Waals surface area (Å²) >= 11 is 0. The first-order chi connectivity index (χ1) is 18.1. The van der Waals surface area contributed by atoms with E-state index in [1.807, 2.05) is 0 Å². The van der Waals surface area contributed by atoms with Crippen LogP contribution in [0.15, 0.2) is 42.4 Å². The number of ether oxygens (including phenoxy) is 2. The lowest BCUT2D eigenvalue weighted by Crippen LogP contribution is -2.52. The number of carbonyl (C=O) groups is 3. The fourth-order valence-corrected chi connectivity index (χ4v) is 4.19. The molecule has 0 radical (unpaired) electrons. The molecular formula is C25H27N3O5. The van der Waals surface area contributed by atoms with Crippen molar-refractivity contribution < 1.29 is 30.7 Å². The highest BCUT2D eigenvalue weighted by molar-refractivity contribution is 6.05. The summed E-state index contributed by atoms with van der Waals surface area (Å²) in [5, 5.41) is 2.27. The molecule has 2 aromatic rings. The number of nitrogens with zero attached hydrogens (tertiary/aromatic N) is 2. The van der Waals surface area contributed by atoms with Crippen LogP contribution in [0.3, 0.4) is 0 Å². The molecule has 8 nitrogen and oxygen atoms in total. The van der Waals surface area contributed by atoms with Gasteiger partial charge in [-0.25, -0.2) is 0 Å². The van der Waals surface area contributed by atoms with Crippen LogP contribution in [0, 0.1) is 0 Å². The van der Waals surface area contributed by atoms with Crippen molar-refractivity contribution in [3.05, 3.63) is 64.6 Å². The van der Waals surface area contributed by atoms with E-state index in [0.717, 1.165) is 0 Å². The molecule has 3 heterocycles. The zero-order valence-electron chi connectivity index (χ0n) is 23.0. The molecule has 1 unspecified atom stereocenters. The van der Waals surface area contributed by atoms with Gasteiger partial charge in [-0.05, 0) is 29.7 Å². The Morgan fingerprint density at radius 1 is 1.12 bits per heavy atom. The molecule has 172 valence electrons. The minimum absolute atomic E-state index is 0.121. The third-order valence-electron chi connectivity index (χ3n) is 5.94. The van der Waals surface area contributed by atoms with E-state index in [1.165, 1.54) is 15.9 Å². The van der Waals surface area contributed by atoms with Gasteiger partial charge in [-0.1, -0.05) is 30.3 Å². The standard InChI is InChI=1S/C25H27N3O5/c29-23-9-8-21(24(30)26-23)28-15-20-19(25(28)31)2-1-3-22(20)33-16-18-6-4-17(5-7-18)14-27-10-12-32-13-11-27/h1-7,21H,8-16H2,(H,26,29,30)/i4D,5D,6D,14D2. The smallest absolute Gasteiger partial charge is 0.255 e. The Balaban J connectivity index is 1.36. The molecule has 3 aliphatic rings. The summed E-state index contributed by atoms with van der Waals surface area (Å²) in [5.41, 5.74) is 1.03. The summed E-state index contributed by atoms with van der Waals surface area (Å²) in [5.74, 6) is -0.836. The normalized spacial score (nSPS) is 23.8. The van der Waals surface area contributed by atoms with Gasteiger partial charge < -0.3 is 14.4 Å². The Labute approximate surface area is 199 Å². The zero-order chi connectivity index (χ0) is 27.2. The molecule has 33 heavy (non-hydrogen) atoms. The van der Waals surface area contributed by atoms with Crippen LogP contribution in [0.5, 0.6) is 5.75 Å². The number of piperidine rings is 1. The van der Waals surface area contributed by atoms with Gasteiger partial charge in [0.05, 0.1) is 23.9 Å². The highest BCUT2D eigenvalue weighted by Gasteiger charge is 2.40. The van der Waals surface area contributed by atoms with Crippen LogP contribution < -0.4 is 10.1 Å². The third kappa shape index (κ3) is 4.62. The van der Waals surface area contributed by atoms with Crippen LogP contribution in [0.1, 0.15) is 46.7 Å². The van der Waals surface area contributed by atoms with E-state index in [9.17, 15) is 14.4 Å². The number of imide groups is 1. The van der Waals surface area contributed by atoms with Gasteiger partial charge in [0.25, 0.3) is 5.91 Å². The Kier molecular flexibility index (Phi) is 4.63. The molecule has 8 heteroatoms. The van der Waals surface area contributed by atoms with Crippen molar-refractivity contribution in [2.45, 2.75) is 38.5 Å². The highest BCUT2D eigenvalue weighted by atomic mass is 16.5. The van der Waals surface area contributed by atoms with E-state index in [1.54, 1.807) is 18.2 Å². The number of nitrogens with one attached hydrogen (secondary N) is 1. The van der Waals surface area contributed by atoms with E-state index in [-0.39, 0.29) is 67.1 Å². The summed E-state index contributed by atoms with van der Waals surface area (Å²) in [6.45, 7) is -0.810. The van der Waals surface area contributed by atoms with Gasteiger partial charge in [-0.3, -0.25) is 24.6 Å². The molecule has 0 aliphatic carbocycles. The number of benzene rings is 2. The lowest BCUT2D eigenvalue weighted by atomic mass is 10.0. The monoisotopic (exact) mass is 454 g/mol. The summed E-state index contributed by atoms with van der Waals surface area (Å²) in [6, 6.07) is 4.74. The first kappa shape index (κ1) is 16.4. The second-order valence-corrected chi connectivity index (χ2v) is 8.12. The van der Waals surface area contributed by atoms with Gasteiger partial charge >= 0.3 is 0 Å². The van der Waals surface area contributed by atoms with E-state index in [0.29, 0.717) is 43.2 Å². The molecule has 2 saturated heterocycles. The molecule has 5 rings (SSSR count). The van der Waals surface area contributed by atoms with E-state index >= 15 is 0 Å². The lowest BCUT2D eigenvalue weighted by molar-refractivity contribution is -0.136. The first-order valence-corrected chi connectivity index (χ1v) is 10.9. The summed E-state index contributed by atoms with van der Waals surface area (Å²) in [4.78, 5) is 39.8. The molecule has 0 aromatic heterocycles. The van der Waals surface area contributed by atoms with Crippen molar-refractivity contribution in [2.24, 2.45) is 0 Å². The predicted molar refractivity (Wildman–Crippen MR) is 119 cm³/mol. The first-order valence-electron chi connectivity index (χ1n) is 13.4. The quantitative estimate of drug-likeness (QED) is 0.671. The number of amides is 3. The van der Waals surface area contributed by atoms with Crippen LogP contribution >= 0.6 is 0 Å². The molecule has 0 bridgehead atoms. The second kappa shape index (κ2) is 9.33. The van der Waals surface area contributed by atoms with Crippen molar-refractivity contribution in [1.29, 1.82) is 0 Å². The fraction of sp³-hybridized carbons (Fsp3) is 0.400. The van der Waals surface area contributed by atoms with E-state index in [2.05, 4.69) is 5.32 Å². The van der Waals surface area contributed by atoms with Crippen LogP contribution in [0.2, 0.25) is 0 Å². The molecule has 2 aromatic carbocycles. The van der Waals surface area contributed by atoms with E-state index in [4.69, 9.17) is 16.3 Å². The fourth-order valence-electron chi connectivity index (χ4n) is 4.19. The molecule has 0 saturated carbocycles. The average Bonchev–Trinajstić information content (AvgIpc) is 3.22. The minimum Gasteiger partial charge on any atom is -0.489 e. The van der Waals surface area contributed by atoms with Crippen LogP contribution in [0.25, 0.3) is 0 Å². The Morgan fingerprint density at radius 3 is 2.76 bits per heavy atom. The summed E-state index contributed by atoms with van der Waals surface area (Å²) in [6.07, 6.45) is 0.391. The Morgan fingerprint density at radius 2 is 1.94 bits per heavy atom. The molecule has 1 atom stereocenters. The topological polar surface area (TPSA) is 88.2 Å². The van der Waals surface area contributed by atoms with Crippen LogP contribution in [-0.4, -0.2) is 59.9 Å². The van der Waals surface area contributed by atoms with Gasteiger partial charge in [0.1, 0.15) is 18.4 Å². The number of morpholine rings is 1. The van der Waals surface area contributed by atoms with Crippen LogP contribution in [-0.2, 0) is 34.0 Å². The van der Waals surface area contributed by atoms with Gasteiger partial charge in [0, 0.05) is 39.9 Å². The molecular weight excluding hydrogens is 422 g/mol. The highest BCUT2D eigenvalue weighted by Crippen LogP contribution is 2.34. The van der Waals surface area contributed by atoms with Crippen molar-refractivity contribution in [2.75, 3.05) is 26.3 Å². The largest absolute Gasteiger partial charge is 0.489 e. The van der Waals surface area contributed by atoms with Gasteiger partial charge in [-0.15, -0.1) is 0 Å². The maximum absolute atomic E-state index is 13.0. The molecule has 2 fully saturated rings. The SMILES string of the molecule is [2H]c1cc(COc2cccc3c2CN(C2CCC(=O)NC2=O)C3=O)c([2H])c([2H])c1C([2H])([2H])N1CCOCC1. The summed E-state index contributed by atoms with van der Waals surface area (Å²) < 4.78 is 53.8. The molecule has 0 spiro atoms. The molecule has 3 amide bonds. The van der Waals surface area contributed by atoms with Crippen molar-refractivity contribution in [3.63, 3.8) is 0 Å². The number of hydrogen-bond acceptors (Lipinski definition) is 6.